The minimum absolute atomic E-state index is 0.0845. The first kappa shape index (κ1) is 19.7. The highest BCUT2D eigenvalue weighted by atomic mass is 35.5. The zero-order valence-corrected chi connectivity index (χ0v) is 17.1. The Bertz CT molecular complexity index is 1100. The third-order valence-corrected chi connectivity index (χ3v) is 5.28. The lowest BCUT2D eigenvalue weighted by molar-refractivity contribution is 0.0981. The minimum Gasteiger partial charge on any atom is -0.437 e. The van der Waals surface area contributed by atoms with Gasteiger partial charge < -0.3 is 9.64 Å². The van der Waals surface area contributed by atoms with Gasteiger partial charge in [-0.1, -0.05) is 29.3 Å². The summed E-state index contributed by atoms with van der Waals surface area (Å²) in [5.74, 6) is -0.415. The summed E-state index contributed by atoms with van der Waals surface area (Å²) in [5, 5.41) is 0.777. The molecule has 0 fully saturated rings. The molecule has 2 heterocycles. The van der Waals surface area contributed by atoms with Gasteiger partial charge in [-0.25, -0.2) is 9.37 Å². The summed E-state index contributed by atoms with van der Waals surface area (Å²) in [5.41, 5.74) is 2.20. The number of nitrogens with zero attached hydrogens (tertiary/aromatic N) is 2. The van der Waals surface area contributed by atoms with Crippen molar-refractivity contribution in [2.45, 2.75) is 19.8 Å². The number of amides is 1. The second-order valence-corrected chi connectivity index (χ2v) is 7.69. The van der Waals surface area contributed by atoms with E-state index in [9.17, 15) is 9.18 Å². The highest BCUT2D eigenvalue weighted by molar-refractivity contribution is 6.34. The first-order chi connectivity index (χ1) is 13.9. The van der Waals surface area contributed by atoms with Crippen molar-refractivity contribution in [3.63, 3.8) is 0 Å². The first-order valence-corrected chi connectivity index (χ1v) is 9.88. The quantitative estimate of drug-likeness (QED) is 0.495. The van der Waals surface area contributed by atoms with E-state index in [1.807, 2.05) is 13.0 Å². The molecule has 0 radical (unpaired) electrons. The molecule has 0 spiro atoms. The minimum atomic E-state index is -0.405. The standard InChI is InChI=1S/C22H17Cl2FN2O2/c1-13-10-14-4-3-9-27(20(14)18(25)11-13)22(28)16-5-2-8-26-21(16)29-19-12-15(23)6-7-17(19)24/h2,5-8,10-12H,3-4,9H2,1H3. The molecule has 0 bridgehead atoms. The number of hydrogen-bond acceptors (Lipinski definition) is 3. The molecule has 29 heavy (non-hydrogen) atoms. The molecule has 1 aromatic heterocycles. The maximum atomic E-state index is 14.7. The number of halogens is 3. The maximum absolute atomic E-state index is 14.7. The van der Waals surface area contributed by atoms with Gasteiger partial charge in [0.05, 0.1) is 10.7 Å². The van der Waals surface area contributed by atoms with Crippen LogP contribution in [0.4, 0.5) is 10.1 Å². The van der Waals surface area contributed by atoms with Crippen molar-refractivity contribution < 1.29 is 13.9 Å². The largest absolute Gasteiger partial charge is 0.437 e. The molecule has 7 heteroatoms. The van der Waals surface area contributed by atoms with Gasteiger partial charge in [-0.05, 0) is 61.2 Å². The number of ether oxygens (including phenoxy) is 1. The van der Waals surface area contributed by atoms with Crippen LogP contribution < -0.4 is 9.64 Å². The Morgan fingerprint density at radius 2 is 2.03 bits per heavy atom. The molecule has 2 aromatic carbocycles. The predicted molar refractivity (Wildman–Crippen MR) is 112 cm³/mol. The molecule has 0 saturated carbocycles. The Morgan fingerprint density at radius 3 is 2.86 bits per heavy atom. The normalized spacial score (nSPS) is 13.2. The van der Waals surface area contributed by atoms with Crippen molar-refractivity contribution in [1.29, 1.82) is 0 Å². The summed E-state index contributed by atoms with van der Waals surface area (Å²) in [7, 11) is 0. The molecule has 3 aromatic rings. The average molecular weight is 431 g/mol. The number of hydrogen-bond donors (Lipinski definition) is 0. The van der Waals surface area contributed by atoms with Crippen LogP contribution in [-0.2, 0) is 6.42 Å². The van der Waals surface area contributed by atoms with Crippen LogP contribution in [0.1, 0.15) is 27.9 Å². The fraction of sp³-hybridized carbons (Fsp3) is 0.182. The molecule has 148 valence electrons. The van der Waals surface area contributed by atoms with E-state index >= 15 is 0 Å². The molecule has 0 atom stereocenters. The lowest BCUT2D eigenvalue weighted by atomic mass is 9.98. The average Bonchev–Trinajstić information content (AvgIpc) is 2.70. The van der Waals surface area contributed by atoms with E-state index in [2.05, 4.69) is 4.98 Å². The van der Waals surface area contributed by atoms with E-state index in [0.29, 0.717) is 22.3 Å². The number of pyridine rings is 1. The molecular weight excluding hydrogens is 414 g/mol. The van der Waals surface area contributed by atoms with E-state index in [0.717, 1.165) is 24.0 Å². The van der Waals surface area contributed by atoms with E-state index in [4.69, 9.17) is 27.9 Å². The number of anilines is 1. The lowest BCUT2D eigenvalue weighted by Crippen LogP contribution is -2.36. The highest BCUT2D eigenvalue weighted by Crippen LogP contribution is 2.35. The van der Waals surface area contributed by atoms with Crippen molar-refractivity contribution in [3.05, 3.63) is 81.2 Å². The van der Waals surface area contributed by atoms with Crippen LogP contribution in [0, 0.1) is 12.7 Å². The van der Waals surface area contributed by atoms with Crippen LogP contribution in [0.25, 0.3) is 0 Å². The molecule has 1 aliphatic heterocycles. The van der Waals surface area contributed by atoms with E-state index in [1.54, 1.807) is 30.3 Å². The van der Waals surface area contributed by atoms with Gasteiger partial charge >= 0.3 is 0 Å². The van der Waals surface area contributed by atoms with Gasteiger partial charge in [0.2, 0.25) is 5.88 Å². The third-order valence-electron chi connectivity index (χ3n) is 4.73. The number of fused-ring (bicyclic) bond motifs is 1. The summed E-state index contributed by atoms with van der Waals surface area (Å²) in [6.45, 7) is 2.25. The van der Waals surface area contributed by atoms with Crippen molar-refractivity contribution in [2.75, 3.05) is 11.4 Å². The number of rotatable bonds is 3. The number of benzene rings is 2. The zero-order valence-electron chi connectivity index (χ0n) is 15.6. The Kier molecular flexibility index (Phi) is 5.43. The van der Waals surface area contributed by atoms with Gasteiger partial charge in [-0.3, -0.25) is 4.79 Å². The van der Waals surface area contributed by atoms with Crippen LogP contribution in [-0.4, -0.2) is 17.4 Å². The summed E-state index contributed by atoms with van der Waals surface area (Å²) in [4.78, 5) is 19.0. The van der Waals surface area contributed by atoms with E-state index in [1.165, 1.54) is 17.2 Å². The smallest absolute Gasteiger partial charge is 0.263 e. The lowest BCUT2D eigenvalue weighted by Gasteiger charge is -2.30. The van der Waals surface area contributed by atoms with Crippen LogP contribution in [0.5, 0.6) is 11.6 Å². The molecule has 1 aliphatic rings. The Balaban J connectivity index is 1.72. The molecular formula is C22H17Cl2FN2O2. The highest BCUT2D eigenvalue weighted by Gasteiger charge is 2.29. The van der Waals surface area contributed by atoms with Crippen molar-refractivity contribution in [2.24, 2.45) is 0 Å². The molecule has 0 N–H and O–H groups in total. The zero-order chi connectivity index (χ0) is 20.5. The summed E-state index contributed by atoms with van der Waals surface area (Å²) >= 11 is 12.2. The molecule has 0 unspecified atom stereocenters. The first-order valence-electron chi connectivity index (χ1n) is 9.13. The van der Waals surface area contributed by atoms with Gasteiger partial charge in [0, 0.05) is 23.8 Å². The number of aryl methyl sites for hydroxylation is 2. The Labute approximate surface area is 177 Å². The van der Waals surface area contributed by atoms with Crippen LogP contribution in [0.15, 0.2) is 48.7 Å². The summed E-state index contributed by atoms with van der Waals surface area (Å²) in [6.07, 6.45) is 2.99. The SMILES string of the molecule is Cc1cc(F)c2c(c1)CCCN2C(=O)c1cccnc1Oc1cc(Cl)ccc1Cl. The molecule has 0 saturated heterocycles. The number of aromatic nitrogens is 1. The fourth-order valence-electron chi connectivity index (χ4n) is 3.48. The topological polar surface area (TPSA) is 42.4 Å². The van der Waals surface area contributed by atoms with Crippen molar-refractivity contribution >= 4 is 34.8 Å². The van der Waals surface area contributed by atoms with Crippen LogP contribution >= 0.6 is 23.2 Å². The van der Waals surface area contributed by atoms with Gasteiger partial charge in [0.15, 0.2) is 0 Å². The van der Waals surface area contributed by atoms with E-state index < -0.39 is 5.82 Å². The summed E-state index contributed by atoms with van der Waals surface area (Å²) in [6, 6.07) is 11.4. The fourth-order valence-corrected chi connectivity index (χ4v) is 3.80. The van der Waals surface area contributed by atoms with Gasteiger partial charge in [-0.2, -0.15) is 0 Å². The maximum Gasteiger partial charge on any atom is 0.263 e. The molecule has 4 nitrogen and oxygen atoms in total. The Morgan fingerprint density at radius 1 is 1.21 bits per heavy atom. The predicted octanol–water partition coefficient (Wildman–Crippen LogP) is 6.22. The third kappa shape index (κ3) is 3.93. The van der Waals surface area contributed by atoms with Crippen molar-refractivity contribution in [1.82, 2.24) is 4.98 Å². The van der Waals surface area contributed by atoms with Gasteiger partial charge in [0.1, 0.15) is 17.1 Å². The van der Waals surface area contributed by atoms with Crippen molar-refractivity contribution in [3.8, 4) is 11.6 Å². The summed E-state index contributed by atoms with van der Waals surface area (Å²) < 4.78 is 20.5. The number of carbonyl (C=O) groups excluding carboxylic acids is 1. The number of carbonyl (C=O) groups is 1. The monoisotopic (exact) mass is 430 g/mol. The van der Waals surface area contributed by atoms with Crippen LogP contribution in [0.3, 0.4) is 0 Å². The Hall–Kier alpha value is -2.63. The molecule has 4 rings (SSSR count). The van der Waals surface area contributed by atoms with Gasteiger partial charge in [0.25, 0.3) is 5.91 Å². The van der Waals surface area contributed by atoms with Gasteiger partial charge in [-0.15, -0.1) is 0 Å². The van der Waals surface area contributed by atoms with Crippen LogP contribution in [0.2, 0.25) is 10.0 Å². The van der Waals surface area contributed by atoms with E-state index in [-0.39, 0.29) is 23.1 Å². The molecule has 0 aliphatic carbocycles. The second-order valence-electron chi connectivity index (χ2n) is 6.85. The molecule has 1 amide bonds. The second kappa shape index (κ2) is 8.01.